The number of amides is 1. The van der Waals surface area contributed by atoms with E-state index in [-0.39, 0.29) is 6.09 Å². The molecule has 2 heterocycles. The first-order valence-corrected chi connectivity index (χ1v) is 10.7. The molecule has 27 heavy (non-hydrogen) atoms. The van der Waals surface area contributed by atoms with Crippen molar-refractivity contribution in [2.45, 2.75) is 64.9 Å². The fraction of sp³-hybridized carbons (Fsp3) is 0.696. The maximum atomic E-state index is 12.2. The van der Waals surface area contributed by atoms with Crippen molar-refractivity contribution in [3.63, 3.8) is 0 Å². The van der Waals surface area contributed by atoms with Crippen LogP contribution < -0.4 is 5.32 Å². The number of benzene rings is 1. The summed E-state index contributed by atoms with van der Waals surface area (Å²) < 4.78 is 5.49. The molecule has 2 saturated heterocycles. The predicted molar refractivity (Wildman–Crippen MR) is 110 cm³/mol. The molecular weight excluding hydrogens is 336 g/mol. The minimum atomic E-state index is -0.413. The zero-order valence-electron chi connectivity index (χ0n) is 17.3. The molecule has 0 aliphatic carbocycles. The van der Waals surface area contributed by atoms with Gasteiger partial charge in [0.1, 0.15) is 5.60 Å². The number of ether oxygens (including phenoxy) is 1. The topological polar surface area (TPSA) is 41.6 Å². The van der Waals surface area contributed by atoms with Crippen molar-refractivity contribution in [1.82, 2.24) is 10.2 Å². The van der Waals surface area contributed by atoms with E-state index in [1.165, 1.54) is 43.5 Å². The van der Waals surface area contributed by atoms with E-state index >= 15 is 0 Å². The Morgan fingerprint density at radius 3 is 1.93 bits per heavy atom. The second-order valence-corrected chi connectivity index (χ2v) is 9.33. The normalized spacial score (nSPS) is 19.9. The second-order valence-electron chi connectivity index (χ2n) is 9.33. The lowest BCUT2D eigenvalue weighted by atomic mass is 9.88. The molecule has 0 atom stereocenters. The standard InChI is InChI=1S/C23H36N2O2/c1-23(2,3)27-22(26)25-14-10-21(11-15-25)17-19-6-4-18(5-7-19)16-20-8-12-24-13-9-20/h4-7,20-21,24H,8-17H2,1-3H3. The van der Waals surface area contributed by atoms with E-state index in [4.69, 9.17) is 4.74 Å². The molecule has 2 fully saturated rings. The zero-order chi connectivity index (χ0) is 19.3. The first-order valence-electron chi connectivity index (χ1n) is 10.7. The number of piperidine rings is 2. The average molecular weight is 373 g/mol. The SMILES string of the molecule is CC(C)(C)OC(=O)N1CCC(Cc2ccc(CC3CCNCC3)cc2)CC1. The van der Waals surface area contributed by atoms with Crippen molar-refractivity contribution < 1.29 is 9.53 Å². The van der Waals surface area contributed by atoms with E-state index in [0.717, 1.165) is 38.3 Å². The Hall–Kier alpha value is -1.55. The maximum Gasteiger partial charge on any atom is 0.410 e. The summed E-state index contributed by atoms with van der Waals surface area (Å²) in [5, 5.41) is 3.44. The summed E-state index contributed by atoms with van der Waals surface area (Å²) in [5.41, 5.74) is 2.49. The van der Waals surface area contributed by atoms with Gasteiger partial charge in [-0.2, -0.15) is 0 Å². The summed E-state index contributed by atoms with van der Waals surface area (Å²) in [6.07, 6.45) is 6.91. The maximum absolute atomic E-state index is 12.2. The highest BCUT2D eigenvalue weighted by atomic mass is 16.6. The third-order valence-corrected chi connectivity index (χ3v) is 5.80. The molecule has 0 unspecified atom stereocenters. The highest BCUT2D eigenvalue weighted by molar-refractivity contribution is 5.68. The number of carbonyl (C=O) groups excluding carboxylic acids is 1. The van der Waals surface area contributed by atoms with Gasteiger partial charge in [0.05, 0.1) is 0 Å². The van der Waals surface area contributed by atoms with Crippen LogP contribution in [0.3, 0.4) is 0 Å². The van der Waals surface area contributed by atoms with E-state index in [9.17, 15) is 4.79 Å². The molecule has 2 aliphatic heterocycles. The Labute approximate surface area is 164 Å². The largest absolute Gasteiger partial charge is 0.444 e. The molecule has 1 aromatic rings. The smallest absolute Gasteiger partial charge is 0.410 e. The average Bonchev–Trinajstić information content (AvgIpc) is 2.63. The summed E-state index contributed by atoms with van der Waals surface area (Å²) in [7, 11) is 0. The van der Waals surface area contributed by atoms with Crippen molar-refractivity contribution in [2.24, 2.45) is 11.8 Å². The molecule has 1 N–H and O–H groups in total. The zero-order valence-corrected chi connectivity index (χ0v) is 17.3. The van der Waals surface area contributed by atoms with E-state index in [1.54, 1.807) is 0 Å². The molecule has 1 amide bonds. The molecule has 0 saturated carbocycles. The minimum absolute atomic E-state index is 0.164. The van der Waals surface area contributed by atoms with Crippen LogP contribution in [0.25, 0.3) is 0 Å². The van der Waals surface area contributed by atoms with Crippen molar-refractivity contribution in [2.75, 3.05) is 26.2 Å². The molecule has 4 nitrogen and oxygen atoms in total. The summed E-state index contributed by atoms with van der Waals surface area (Å²) in [4.78, 5) is 14.0. The number of likely N-dealkylation sites (tertiary alicyclic amines) is 1. The molecule has 3 rings (SSSR count). The molecule has 0 spiro atoms. The van der Waals surface area contributed by atoms with Gasteiger partial charge in [-0.1, -0.05) is 24.3 Å². The van der Waals surface area contributed by atoms with Gasteiger partial charge in [0.2, 0.25) is 0 Å². The molecular formula is C23H36N2O2. The van der Waals surface area contributed by atoms with Crippen LogP contribution in [0, 0.1) is 11.8 Å². The molecule has 2 aliphatic rings. The van der Waals surface area contributed by atoms with Crippen LogP contribution in [0.1, 0.15) is 57.6 Å². The lowest BCUT2D eigenvalue weighted by Gasteiger charge is -2.33. The van der Waals surface area contributed by atoms with Crippen LogP contribution in [0.4, 0.5) is 4.79 Å². The minimum Gasteiger partial charge on any atom is -0.444 e. The Morgan fingerprint density at radius 2 is 1.44 bits per heavy atom. The number of carbonyl (C=O) groups is 1. The first-order chi connectivity index (χ1) is 12.9. The molecule has 150 valence electrons. The number of rotatable bonds is 4. The third kappa shape index (κ3) is 6.53. The lowest BCUT2D eigenvalue weighted by Crippen LogP contribution is -2.42. The van der Waals surface area contributed by atoms with Crippen molar-refractivity contribution in [3.05, 3.63) is 35.4 Å². The van der Waals surface area contributed by atoms with Gasteiger partial charge in [-0.3, -0.25) is 0 Å². The molecule has 4 heteroatoms. The Morgan fingerprint density at radius 1 is 0.963 bits per heavy atom. The Bertz CT molecular complexity index is 592. The van der Waals surface area contributed by atoms with E-state index < -0.39 is 5.60 Å². The van der Waals surface area contributed by atoms with Crippen molar-refractivity contribution >= 4 is 6.09 Å². The van der Waals surface area contributed by atoms with Gasteiger partial charge in [-0.25, -0.2) is 4.79 Å². The number of nitrogens with zero attached hydrogens (tertiary/aromatic N) is 1. The number of hydrogen-bond donors (Lipinski definition) is 1. The Kier molecular flexibility index (Phi) is 6.80. The Balaban J connectivity index is 1.43. The predicted octanol–water partition coefficient (Wildman–Crippen LogP) is 4.42. The lowest BCUT2D eigenvalue weighted by molar-refractivity contribution is 0.0184. The quantitative estimate of drug-likeness (QED) is 0.851. The van der Waals surface area contributed by atoms with Gasteiger partial charge in [0.15, 0.2) is 0 Å². The van der Waals surface area contributed by atoms with E-state index in [1.807, 2.05) is 25.7 Å². The molecule has 0 radical (unpaired) electrons. The van der Waals surface area contributed by atoms with Crippen molar-refractivity contribution in [3.8, 4) is 0 Å². The summed E-state index contributed by atoms with van der Waals surface area (Å²) >= 11 is 0. The van der Waals surface area contributed by atoms with Gasteiger partial charge in [0, 0.05) is 13.1 Å². The van der Waals surface area contributed by atoms with Gasteiger partial charge in [-0.15, -0.1) is 0 Å². The monoisotopic (exact) mass is 372 g/mol. The van der Waals surface area contributed by atoms with Gasteiger partial charge in [0.25, 0.3) is 0 Å². The van der Waals surface area contributed by atoms with Crippen LogP contribution in [0.5, 0.6) is 0 Å². The van der Waals surface area contributed by atoms with Crippen LogP contribution in [0.15, 0.2) is 24.3 Å². The van der Waals surface area contributed by atoms with Crippen LogP contribution in [-0.4, -0.2) is 42.8 Å². The molecule has 0 bridgehead atoms. The highest BCUT2D eigenvalue weighted by Gasteiger charge is 2.26. The summed E-state index contributed by atoms with van der Waals surface area (Å²) in [5.74, 6) is 1.51. The van der Waals surface area contributed by atoms with Crippen LogP contribution in [-0.2, 0) is 17.6 Å². The third-order valence-electron chi connectivity index (χ3n) is 5.80. The molecule has 1 aromatic carbocycles. The molecule has 0 aromatic heterocycles. The van der Waals surface area contributed by atoms with E-state index in [2.05, 4.69) is 29.6 Å². The fourth-order valence-electron chi connectivity index (χ4n) is 4.21. The number of nitrogens with one attached hydrogen (secondary N) is 1. The van der Waals surface area contributed by atoms with Crippen LogP contribution >= 0.6 is 0 Å². The van der Waals surface area contributed by atoms with Gasteiger partial charge in [-0.05, 0) is 95.3 Å². The fourth-order valence-corrected chi connectivity index (χ4v) is 4.21. The van der Waals surface area contributed by atoms with Gasteiger partial charge >= 0.3 is 6.09 Å². The van der Waals surface area contributed by atoms with Crippen LogP contribution in [0.2, 0.25) is 0 Å². The summed E-state index contributed by atoms with van der Waals surface area (Å²) in [6, 6.07) is 9.29. The first kappa shape index (κ1) is 20.2. The van der Waals surface area contributed by atoms with Crippen molar-refractivity contribution in [1.29, 1.82) is 0 Å². The van der Waals surface area contributed by atoms with Gasteiger partial charge < -0.3 is 15.0 Å². The second kappa shape index (κ2) is 9.09. The van der Waals surface area contributed by atoms with E-state index in [0.29, 0.717) is 5.92 Å². The highest BCUT2D eigenvalue weighted by Crippen LogP contribution is 2.24. The number of hydrogen-bond acceptors (Lipinski definition) is 3. The summed E-state index contributed by atoms with van der Waals surface area (Å²) in [6.45, 7) is 9.74.